The maximum atomic E-state index is 11.8. The van der Waals surface area contributed by atoms with Crippen molar-refractivity contribution >= 4 is 21.4 Å². The van der Waals surface area contributed by atoms with Crippen molar-refractivity contribution in [2.45, 2.75) is 23.5 Å². The van der Waals surface area contributed by atoms with Gasteiger partial charge in [0.05, 0.1) is 10.1 Å². The number of hydrogen-bond acceptors (Lipinski definition) is 3. The Morgan fingerprint density at radius 1 is 1.43 bits per heavy atom. The van der Waals surface area contributed by atoms with Crippen LogP contribution in [0.2, 0.25) is 0 Å². The third-order valence-electron chi connectivity index (χ3n) is 2.02. The minimum Gasteiger partial charge on any atom is -0.265 e. The lowest BCUT2D eigenvalue weighted by molar-refractivity contribution is 0.581. The van der Waals surface area contributed by atoms with E-state index in [-0.39, 0.29) is 0 Å². The molecule has 1 aromatic rings. The highest BCUT2D eigenvalue weighted by atomic mass is 35.5. The molecule has 3 nitrogen and oxygen atoms in total. The van der Waals surface area contributed by atoms with E-state index in [1.807, 2.05) is 0 Å². The van der Waals surface area contributed by atoms with Crippen LogP contribution in [0.3, 0.4) is 0 Å². The lowest BCUT2D eigenvalue weighted by atomic mass is 10.4. The number of alkyl halides is 1. The Balaban J connectivity index is 2.97. The first kappa shape index (κ1) is 11.5. The summed E-state index contributed by atoms with van der Waals surface area (Å²) in [5.74, 6) is 0.353. The molecule has 1 rings (SSSR count). The summed E-state index contributed by atoms with van der Waals surface area (Å²) in [6.07, 6.45) is 3.41. The third kappa shape index (κ3) is 2.45. The molecule has 0 spiro atoms. The predicted molar refractivity (Wildman–Crippen MR) is 56.2 cm³/mol. The Morgan fingerprint density at radius 2 is 2.00 bits per heavy atom. The van der Waals surface area contributed by atoms with Gasteiger partial charge in [-0.1, -0.05) is 0 Å². The van der Waals surface area contributed by atoms with Gasteiger partial charge in [-0.2, -0.15) is 0 Å². The Kier molecular flexibility index (Phi) is 3.89. The van der Waals surface area contributed by atoms with E-state index in [4.69, 9.17) is 11.6 Å². The largest absolute Gasteiger partial charge is 0.265 e. The SMILES string of the molecule is CC(CCCl)S(=O)(=O)c1ccncc1. The van der Waals surface area contributed by atoms with Gasteiger partial charge in [-0.25, -0.2) is 8.42 Å². The normalized spacial score (nSPS) is 13.9. The van der Waals surface area contributed by atoms with Crippen molar-refractivity contribution in [3.8, 4) is 0 Å². The quantitative estimate of drug-likeness (QED) is 0.746. The van der Waals surface area contributed by atoms with Crippen molar-refractivity contribution in [2.24, 2.45) is 0 Å². The summed E-state index contributed by atoms with van der Waals surface area (Å²) in [4.78, 5) is 4.08. The second kappa shape index (κ2) is 4.75. The Bertz CT molecular complexity index is 377. The number of hydrogen-bond donors (Lipinski definition) is 0. The van der Waals surface area contributed by atoms with Gasteiger partial charge >= 0.3 is 0 Å². The highest BCUT2D eigenvalue weighted by Crippen LogP contribution is 2.17. The maximum Gasteiger partial charge on any atom is 0.181 e. The first-order chi connectivity index (χ1) is 6.59. The van der Waals surface area contributed by atoms with Crippen LogP contribution in [0.5, 0.6) is 0 Å². The molecule has 0 amide bonds. The lowest BCUT2D eigenvalue weighted by Crippen LogP contribution is -2.18. The number of sulfone groups is 1. The minimum absolute atomic E-state index is 0.310. The van der Waals surface area contributed by atoms with E-state index < -0.39 is 15.1 Å². The zero-order chi connectivity index (χ0) is 10.6. The van der Waals surface area contributed by atoms with Crippen LogP contribution in [0, 0.1) is 0 Å². The summed E-state index contributed by atoms with van der Waals surface area (Å²) in [5, 5.41) is -0.442. The molecule has 78 valence electrons. The van der Waals surface area contributed by atoms with Gasteiger partial charge in [-0.05, 0) is 25.5 Å². The Hall–Kier alpha value is -0.610. The van der Waals surface area contributed by atoms with Crippen molar-refractivity contribution in [3.63, 3.8) is 0 Å². The molecule has 0 saturated carbocycles. The van der Waals surface area contributed by atoms with Gasteiger partial charge < -0.3 is 0 Å². The highest BCUT2D eigenvalue weighted by Gasteiger charge is 2.22. The summed E-state index contributed by atoms with van der Waals surface area (Å²) in [6, 6.07) is 3.00. The summed E-state index contributed by atoms with van der Waals surface area (Å²) in [5.41, 5.74) is 0. The summed E-state index contributed by atoms with van der Waals surface area (Å²) in [7, 11) is -3.23. The molecule has 0 radical (unpaired) electrons. The molecule has 0 bridgehead atoms. The van der Waals surface area contributed by atoms with Crippen LogP contribution < -0.4 is 0 Å². The van der Waals surface area contributed by atoms with Crippen LogP contribution in [-0.2, 0) is 9.84 Å². The number of aromatic nitrogens is 1. The van der Waals surface area contributed by atoms with Crippen molar-refractivity contribution in [1.82, 2.24) is 4.98 Å². The van der Waals surface area contributed by atoms with Gasteiger partial charge in [0, 0.05) is 18.3 Å². The first-order valence-corrected chi connectivity index (χ1v) is 6.37. The molecule has 1 unspecified atom stereocenters. The monoisotopic (exact) mass is 233 g/mol. The van der Waals surface area contributed by atoms with Crippen LogP contribution in [0.1, 0.15) is 13.3 Å². The van der Waals surface area contributed by atoms with Crippen LogP contribution >= 0.6 is 11.6 Å². The van der Waals surface area contributed by atoms with Gasteiger partial charge in [0.25, 0.3) is 0 Å². The van der Waals surface area contributed by atoms with E-state index in [1.165, 1.54) is 24.5 Å². The number of nitrogens with zero attached hydrogens (tertiary/aromatic N) is 1. The van der Waals surface area contributed by atoms with E-state index in [0.29, 0.717) is 17.2 Å². The maximum absolute atomic E-state index is 11.8. The van der Waals surface area contributed by atoms with Crippen LogP contribution in [0.25, 0.3) is 0 Å². The van der Waals surface area contributed by atoms with E-state index in [2.05, 4.69) is 4.98 Å². The molecule has 0 aliphatic carbocycles. The van der Waals surface area contributed by atoms with Crippen LogP contribution in [-0.4, -0.2) is 24.5 Å². The number of pyridine rings is 1. The zero-order valence-corrected chi connectivity index (χ0v) is 9.42. The summed E-state index contributed by atoms with van der Waals surface area (Å²) in [6.45, 7) is 1.66. The van der Waals surface area contributed by atoms with Crippen molar-refractivity contribution in [2.75, 3.05) is 5.88 Å². The third-order valence-corrected chi connectivity index (χ3v) is 4.47. The summed E-state index contributed by atoms with van der Waals surface area (Å²) >= 11 is 5.51. The molecule has 5 heteroatoms. The van der Waals surface area contributed by atoms with Gasteiger partial charge in [-0.3, -0.25) is 4.98 Å². The topological polar surface area (TPSA) is 47.0 Å². The van der Waals surface area contributed by atoms with Crippen molar-refractivity contribution in [3.05, 3.63) is 24.5 Å². The fraction of sp³-hybridized carbons (Fsp3) is 0.444. The molecule has 1 heterocycles. The molecule has 0 aromatic carbocycles. The molecule has 0 N–H and O–H groups in total. The van der Waals surface area contributed by atoms with Gasteiger partial charge in [0.15, 0.2) is 9.84 Å². The highest BCUT2D eigenvalue weighted by molar-refractivity contribution is 7.92. The molecule has 0 fully saturated rings. The molecule has 0 aliphatic heterocycles. The average molecular weight is 234 g/mol. The van der Waals surface area contributed by atoms with E-state index in [9.17, 15) is 8.42 Å². The molecule has 1 aromatic heterocycles. The molecule has 14 heavy (non-hydrogen) atoms. The second-order valence-corrected chi connectivity index (χ2v) is 5.76. The van der Waals surface area contributed by atoms with E-state index >= 15 is 0 Å². The number of halogens is 1. The zero-order valence-electron chi connectivity index (χ0n) is 7.85. The minimum atomic E-state index is -3.23. The van der Waals surface area contributed by atoms with Gasteiger partial charge in [-0.15, -0.1) is 11.6 Å². The fourth-order valence-electron chi connectivity index (χ4n) is 1.07. The Labute approximate surface area is 89.0 Å². The second-order valence-electron chi connectivity index (χ2n) is 3.02. The fourth-order valence-corrected chi connectivity index (χ4v) is 2.92. The first-order valence-electron chi connectivity index (χ1n) is 4.29. The standard InChI is InChI=1S/C9H12ClNO2S/c1-8(2-5-10)14(12,13)9-3-6-11-7-4-9/h3-4,6-8H,2,5H2,1H3. The molecule has 1 atom stereocenters. The lowest BCUT2D eigenvalue weighted by Gasteiger charge is -2.10. The van der Waals surface area contributed by atoms with Crippen LogP contribution in [0.15, 0.2) is 29.4 Å². The van der Waals surface area contributed by atoms with Crippen molar-refractivity contribution in [1.29, 1.82) is 0 Å². The number of rotatable bonds is 4. The molecular weight excluding hydrogens is 222 g/mol. The summed E-state index contributed by atoms with van der Waals surface area (Å²) < 4.78 is 23.7. The van der Waals surface area contributed by atoms with Crippen molar-refractivity contribution < 1.29 is 8.42 Å². The molecule has 0 saturated heterocycles. The van der Waals surface area contributed by atoms with Gasteiger partial charge in [0.2, 0.25) is 0 Å². The smallest absolute Gasteiger partial charge is 0.181 e. The molecular formula is C9H12ClNO2S. The van der Waals surface area contributed by atoms with Gasteiger partial charge in [0.1, 0.15) is 0 Å². The van der Waals surface area contributed by atoms with Crippen LogP contribution in [0.4, 0.5) is 0 Å². The predicted octanol–water partition coefficient (Wildman–Crippen LogP) is 1.87. The molecule has 0 aliphatic rings. The van der Waals surface area contributed by atoms with E-state index in [1.54, 1.807) is 6.92 Å². The van der Waals surface area contributed by atoms with E-state index in [0.717, 1.165) is 0 Å². The Morgan fingerprint density at radius 3 is 2.50 bits per heavy atom. The average Bonchev–Trinajstić information content (AvgIpc) is 2.19.